The van der Waals surface area contributed by atoms with Crippen LogP contribution in [0.3, 0.4) is 0 Å². The molecule has 0 aliphatic rings. The Morgan fingerprint density at radius 3 is 2.86 bits per heavy atom. The molecule has 9 nitrogen and oxygen atoms in total. The molecule has 1 amide bonds. The van der Waals surface area contributed by atoms with Gasteiger partial charge >= 0.3 is 6.09 Å². The van der Waals surface area contributed by atoms with E-state index in [0.29, 0.717) is 42.4 Å². The van der Waals surface area contributed by atoms with Crippen LogP contribution in [0, 0.1) is 0 Å². The number of H-pyrrole nitrogens is 1. The standard InChI is InChI=1S/C19H24N6O3/c1-19(2,3)28-18(26)22-8-5-9-27-14-11-23-12-6-4-7-21-17(12)16(14)13-10-15(20)25-24-13/h4,6-7,10-11H,5,8-9H2,1-3H3,(H,22,26)(H3,20,24,25). The van der Waals surface area contributed by atoms with Gasteiger partial charge in [-0.2, -0.15) is 5.10 Å². The second-order valence-electron chi connectivity index (χ2n) is 7.21. The normalized spacial score (nSPS) is 11.4. The number of nitrogens with zero attached hydrogens (tertiary/aromatic N) is 3. The fraction of sp³-hybridized carbons (Fsp3) is 0.368. The molecule has 0 unspecified atom stereocenters. The lowest BCUT2D eigenvalue weighted by Crippen LogP contribution is -2.33. The molecule has 0 spiro atoms. The van der Waals surface area contributed by atoms with Gasteiger partial charge in [-0.15, -0.1) is 0 Å². The number of nitrogens with one attached hydrogen (secondary N) is 2. The predicted octanol–water partition coefficient (Wildman–Crippen LogP) is 2.90. The molecule has 0 radical (unpaired) electrons. The average Bonchev–Trinajstić information content (AvgIpc) is 3.05. The molecule has 3 aromatic rings. The highest BCUT2D eigenvalue weighted by Crippen LogP contribution is 2.34. The van der Waals surface area contributed by atoms with Gasteiger partial charge in [0.2, 0.25) is 0 Å². The minimum atomic E-state index is -0.523. The third kappa shape index (κ3) is 4.87. The highest BCUT2D eigenvalue weighted by Gasteiger charge is 2.17. The van der Waals surface area contributed by atoms with E-state index in [1.54, 1.807) is 18.5 Å². The summed E-state index contributed by atoms with van der Waals surface area (Å²) in [5.74, 6) is 0.940. The Hall–Kier alpha value is -3.36. The SMILES string of the molecule is CC(C)(C)OC(=O)NCCCOc1cnc2cccnc2c1-c1cc(N)n[nH]1. The molecule has 3 aromatic heterocycles. The number of carbonyl (C=O) groups excluding carboxylic acids is 1. The summed E-state index contributed by atoms with van der Waals surface area (Å²) in [4.78, 5) is 20.5. The molecule has 0 aliphatic carbocycles. The van der Waals surface area contributed by atoms with Crippen LogP contribution in [0.2, 0.25) is 0 Å². The summed E-state index contributed by atoms with van der Waals surface area (Å²) in [6.45, 7) is 6.27. The van der Waals surface area contributed by atoms with Crippen molar-refractivity contribution < 1.29 is 14.3 Å². The van der Waals surface area contributed by atoms with E-state index in [2.05, 4.69) is 25.5 Å². The van der Waals surface area contributed by atoms with E-state index in [9.17, 15) is 4.79 Å². The largest absolute Gasteiger partial charge is 0.491 e. The number of pyridine rings is 2. The number of alkyl carbamates (subject to hydrolysis) is 1. The Kier molecular flexibility index (Phi) is 5.62. The Morgan fingerprint density at radius 1 is 1.32 bits per heavy atom. The fourth-order valence-electron chi connectivity index (χ4n) is 2.60. The fourth-order valence-corrected chi connectivity index (χ4v) is 2.60. The first-order valence-electron chi connectivity index (χ1n) is 8.98. The number of ether oxygens (including phenoxy) is 2. The number of hydrogen-bond acceptors (Lipinski definition) is 7. The van der Waals surface area contributed by atoms with Gasteiger partial charge in [0.1, 0.15) is 22.7 Å². The zero-order valence-electron chi connectivity index (χ0n) is 16.2. The second kappa shape index (κ2) is 8.12. The van der Waals surface area contributed by atoms with Crippen molar-refractivity contribution in [2.24, 2.45) is 0 Å². The Balaban J connectivity index is 1.67. The van der Waals surface area contributed by atoms with Crippen LogP contribution in [0.5, 0.6) is 5.75 Å². The van der Waals surface area contributed by atoms with Crippen LogP contribution in [-0.2, 0) is 4.74 Å². The van der Waals surface area contributed by atoms with Gasteiger partial charge in [0, 0.05) is 18.8 Å². The summed E-state index contributed by atoms with van der Waals surface area (Å²) in [5.41, 5.74) is 8.10. The predicted molar refractivity (Wildman–Crippen MR) is 106 cm³/mol. The van der Waals surface area contributed by atoms with Gasteiger partial charge in [0.05, 0.1) is 29.6 Å². The molecule has 0 bridgehead atoms. The quantitative estimate of drug-likeness (QED) is 0.557. The number of rotatable bonds is 6. The molecule has 0 fully saturated rings. The number of nitrogen functional groups attached to an aromatic ring is 1. The molecule has 0 saturated carbocycles. The lowest BCUT2D eigenvalue weighted by atomic mass is 10.1. The molecule has 0 atom stereocenters. The first kappa shape index (κ1) is 19.4. The minimum Gasteiger partial charge on any atom is -0.491 e. The van der Waals surface area contributed by atoms with Crippen molar-refractivity contribution in [3.63, 3.8) is 0 Å². The zero-order chi connectivity index (χ0) is 20.1. The summed E-state index contributed by atoms with van der Waals surface area (Å²) < 4.78 is 11.1. The average molecular weight is 384 g/mol. The van der Waals surface area contributed by atoms with E-state index in [0.717, 1.165) is 11.1 Å². The van der Waals surface area contributed by atoms with Crippen molar-refractivity contribution in [1.82, 2.24) is 25.5 Å². The van der Waals surface area contributed by atoms with Crippen molar-refractivity contribution in [1.29, 1.82) is 0 Å². The second-order valence-corrected chi connectivity index (χ2v) is 7.21. The number of carbonyl (C=O) groups is 1. The molecule has 3 rings (SSSR count). The Bertz CT molecular complexity index is 964. The van der Waals surface area contributed by atoms with Crippen molar-refractivity contribution in [2.75, 3.05) is 18.9 Å². The molecular weight excluding hydrogens is 360 g/mol. The van der Waals surface area contributed by atoms with Crippen LogP contribution in [0.1, 0.15) is 27.2 Å². The number of anilines is 1. The summed E-state index contributed by atoms with van der Waals surface area (Å²) in [7, 11) is 0. The molecule has 0 saturated heterocycles. The van der Waals surface area contributed by atoms with E-state index in [1.165, 1.54) is 0 Å². The van der Waals surface area contributed by atoms with E-state index < -0.39 is 11.7 Å². The number of fused-ring (bicyclic) bond motifs is 1. The monoisotopic (exact) mass is 384 g/mol. The van der Waals surface area contributed by atoms with Crippen LogP contribution in [0.15, 0.2) is 30.6 Å². The van der Waals surface area contributed by atoms with Crippen LogP contribution in [-0.4, -0.2) is 45.0 Å². The third-order valence-electron chi connectivity index (χ3n) is 3.70. The summed E-state index contributed by atoms with van der Waals surface area (Å²) >= 11 is 0. The van der Waals surface area contributed by atoms with Crippen molar-refractivity contribution in [2.45, 2.75) is 32.8 Å². The van der Waals surface area contributed by atoms with Gasteiger partial charge in [-0.25, -0.2) is 4.79 Å². The van der Waals surface area contributed by atoms with Gasteiger partial charge in [-0.3, -0.25) is 15.1 Å². The maximum Gasteiger partial charge on any atom is 0.407 e. The van der Waals surface area contributed by atoms with Gasteiger partial charge in [-0.05, 0) is 39.3 Å². The highest BCUT2D eigenvalue weighted by molar-refractivity contribution is 5.93. The lowest BCUT2D eigenvalue weighted by Gasteiger charge is -2.19. The Labute approximate surface area is 162 Å². The molecule has 9 heteroatoms. The van der Waals surface area contributed by atoms with Gasteiger partial charge in [0.15, 0.2) is 0 Å². The first-order chi connectivity index (χ1) is 13.3. The zero-order valence-corrected chi connectivity index (χ0v) is 16.2. The smallest absolute Gasteiger partial charge is 0.407 e. The van der Waals surface area contributed by atoms with Crippen LogP contribution < -0.4 is 15.8 Å². The first-order valence-corrected chi connectivity index (χ1v) is 8.98. The number of aromatic nitrogens is 4. The Morgan fingerprint density at radius 2 is 2.14 bits per heavy atom. The maximum absolute atomic E-state index is 11.7. The number of amides is 1. The number of nitrogens with two attached hydrogens (primary N) is 1. The molecule has 0 aliphatic heterocycles. The van der Waals surface area contributed by atoms with E-state index in [-0.39, 0.29) is 0 Å². The van der Waals surface area contributed by atoms with E-state index in [1.807, 2.05) is 32.9 Å². The highest BCUT2D eigenvalue weighted by atomic mass is 16.6. The number of aromatic amines is 1. The lowest BCUT2D eigenvalue weighted by molar-refractivity contribution is 0.0525. The van der Waals surface area contributed by atoms with Crippen molar-refractivity contribution in [3.05, 3.63) is 30.6 Å². The van der Waals surface area contributed by atoms with Crippen LogP contribution >= 0.6 is 0 Å². The van der Waals surface area contributed by atoms with E-state index >= 15 is 0 Å². The van der Waals surface area contributed by atoms with E-state index in [4.69, 9.17) is 15.2 Å². The summed E-state index contributed by atoms with van der Waals surface area (Å²) in [5, 5.41) is 9.59. The van der Waals surface area contributed by atoms with Crippen molar-refractivity contribution in [3.8, 4) is 17.0 Å². The molecule has 148 valence electrons. The number of hydrogen-bond donors (Lipinski definition) is 3. The molecule has 4 N–H and O–H groups in total. The van der Waals surface area contributed by atoms with Gasteiger partial charge in [0.25, 0.3) is 0 Å². The maximum atomic E-state index is 11.7. The molecule has 0 aromatic carbocycles. The third-order valence-corrected chi connectivity index (χ3v) is 3.70. The summed E-state index contributed by atoms with van der Waals surface area (Å²) in [6.07, 6.45) is 3.50. The summed E-state index contributed by atoms with van der Waals surface area (Å²) in [6, 6.07) is 5.42. The van der Waals surface area contributed by atoms with Crippen molar-refractivity contribution >= 4 is 22.9 Å². The van der Waals surface area contributed by atoms with Crippen LogP contribution in [0.25, 0.3) is 22.3 Å². The molecule has 3 heterocycles. The van der Waals surface area contributed by atoms with Gasteiger partial charge < -0.3 is 20.5 Å². The molecule has 28 heavy (non-hydrogen) atoms. The minimum absolute atomic E-state index is 0.378. The van der Waals surface area contributed by atoms with Crippen LogP contribution in [0.4, 0.5) is 10.6 Å². The molecular formula is C19H24N6O3. The topological polar surface area (TPSA) is 128 Å². The van der Waals surface area contributed by atoms with Gasteiger partial charge in [-0.1, -0.05) is 0 Å².